The second kappa shape index (κ2) is 18.8. The van der Waals surface area contributed by atoms with Crippen LogP contribution < -0.4 is 16.9 Å². The number of hydrogen-bond acceptors (Lipinski definition) is 7. The number of pyridine rings is 2. The smallest absolute Gasteiger partial charge is 0.251 e. The standard InChI is InChI=1S/C22H25NO3S.C13H16N2O.C8H9ClO2S/c1-4-11-23-21-10-9-19(13-20(21)17(3)12-22(23)24)15-27(25,26)14-18-7-5-16(2)6-8-18;1-3-6-15-12-5-4-10(14)8-11(12)9(2)7-13(15)16;1-7-2-4-8(5-3-7)6-12(9,10)11/h5-10,12-13H,4,11,14-15H2,1-3H3;4-5,7-8H,3,6,14H2,1-2H3;2-5H,6H2,1H3. The van der Waals surface area contributed by atoms with Gasteiger partial charge in [0.25, 0.3) is 11.1 Å². The molecule has 2 aromatic heterocycles. The van der Waals surface area contributed by atoms with Crippen molar-refractivity contribution in [3.8, 4) is 0 Å². The zero-order valence-electron chi connectivity index (χ0n) is 32.3. The summed E-state index contributed by atoms with van der Waals surface area (Å²) in [6.45, 7) is 13.3. The van der Waals surface area contributed by atoms with Gasteiger partial charge in [-0.1, -0.05) is 79.6 Å². The molecule has 0 unspecified atom stereocenters. The molecule has 292 valence electrons. The van der Waals surface area contributed by atoms with E-state index < -0.39 is 18.9 Å². The molecular formula is C43H50ClN3O6S2. The first-order valence-electron chi connectivity index (χ1n) is 18.2. The number of nitrogens with zero attached hydrogens (tertiary/aromatic N) is 2. The van der Waals surface area contributed by atoms with E-state index in [1.165, 1.54) is 0 Å². The number of aromatic nitrogens is 2. The van der Waals surface area contributed by atoms with Gasteiger partial charge in [-0.05, 0) is 98.7 Å². The van der Waals surface area contributed by atoms with Crippen molar-refractivity contribution in [3.05, 3.63) is 157 Å². The van der Waals surface area contributed by atoms with Gasteiger partial charge in [0.05, 0.1) is 28.3 Å². The Kier molecular flexibility index (Phi) is 14.7. The predicted molar refractivity (Wildman–Crippen MR) is 228 cm³/mol. The normalized spacial score (nSPS) is 11.5. The molecule has 0 spiro atoms. The van der Waals surface area contributed by atoms with Gasteiger partial charge in [0.1, 0.15) is 0 Å². The highest BCUT2D eigenvalue weighted by molar-refractivity contribution is 8.13. The van der Waals surface area contributed by atoms with Crippen LogP contribution in [0.2, 0.25) is 0 Å². The van der Waals surface area contributed by atoms with Crippen LogP contribution in [0.25, 0.3) is 21.8 Å². The molecule has 0 atom stereocenters. The monoisotopic (exact) mass is 803 g/mol. The molecule has 6 aromatic rings. The molecule has 2 heterocycles. The van der Waals surface area contributed by atoms with Crippen LogP contribution in [-0.2, 0) is 49.2 Å². The van der Waals surface area contributed by atoms with E-state index in [2.05, 4.69) is 6.92 Å². The lowest BCUT2D eigenvalue weighted by atomic mass is 10.1. The fourth-order valence-electron chi connectivity index (χ4n) is 6.28. The van der Waals surface area contributed by atoms with Crippen LogP contribution >= 0.6 is 10.7 Å². The number of anilines is 1. The molecule has 0 saturated carbocycles. The Bertz CT molecular complexity index is 2620. The number of nitrogens with two attached hydrogens (primary N) is 1. The number of rotatable bonds is 10. The summed E-state index contributed by atoms with van der Waals surface area (Å²) in [4.78, 5) is 24.1. The summed E-state index contributed by atoms with van der Waals surface area (Å²) in [6, 6.07) is 29.4. The average molecular weight is 804 g/mol. The van der Waals surface area contributed by atoms with Crippen LogP contribution in [0.3, 0.4) is 0 Å². The second-order valence-electron chi connectivity index (χ2n) is 13.9. The molecule has 9 nitrogen and oxygen atoms in total. The van der Waals surface area contributed by atoms with E-state index in [0.29, 0.717) is 6.54 Å². The molecule has 4 aromatic carbocycles. The maximum absolute atomic E-state index is 12.6. The van der Waals surface area contributed by atoms with Crippen molar-refractivity contribution >= 4 is 57.1 Å². The molecule has 55 heavy (non-hydrogen) atoms. The lowest BCUT2D eigenvalue weighted by molar-refractivity contribution is 0.594. The van der Waals surface area contributed by atoms with Crippen molar-refractivity contribution in [1.29, 1.82) is 0 Å². The van der Waals surface area contributed by atoms with Crippen LogP contribution in [0.4, 0.5) is 5.69 Å². The van der Waals surface area contributed by atoms with Crippen LogP contribution in [-0.4, -0.2) is 26.0 Å². The molecule has 0 bridgehead atoms. The molecule has 0 aliphatic carbocycles. The van der Waals surface area contributed by atoms with Gasteiger partial charge in [0.15, 0.2) is 9.84 Å². The lowest BCUT2D eigenvalue weighted by Gasteiger charge is -2.13. The number of halogens is 1. The van der Waals surface area contributed by atoms with Gasteiger partial charge < -0.3 is 14.9 Å². The summed E-state index contributed by atoms with van der Waals surface area (Å²) in [7, 11) is -1.62. The topological polar surface area (TPSA) is 138 Å². The minimum atomic E-state index is -3.42. The Morgan fingerprint density at radius 2 is 0.945 bits per heavy atom. The fourth-order valence-corrected chi connectivity index (χ4v) is 8.74. The highest BCUT2D eigenvalue weighted by Crippen LogP contribution is 2.22. The highest BCUT2D eigenvalue weighted by atomic mass is 35.7. The first kappa shape index (κ1) is 43.0. The Morgan fingerprint density at radius 3 is 1.40 bits per heavy atom. The molecule has 6 rings (SSSR count). The van der Waals surface area contributed by atoms with E-state index in [1.54, 1.807) is 28.8 Å². The number of hydrogen-bond donors (Lipinski definition) is 1. The summed E-state index contributed by atoms with van der Waals surface area (Å²) in [5.74, 6) is -0.0857. The summed E-state index contributed by atoms with van der Waals surface area (Å²) < 4.78 is 50.2. The van der Waals surface area contributed by atoms with Gasteiger partial charge >= 0.3 is 0 Å². The zero-order valence-corrected chi connectivity index (χ0v) is 34.7. The van der Waals surface area contributed by atoms with Crippen LogP contribution in [0.15, 0.2) is 107 Å². The van der Waals surface area contributed by atoms with Crippen LogP contribution in [0, 0.1) is 27.7 Å². The average Bonchev–Trinajstić information content (AvgIpc) is 3.10. The summed E-state index contributed by atoms with van der Waals surface area (Å²) in [5, 5.41) is 2.00. The Hall–Kier alpha value is -4.71. The Balaban J connectivity index is 0.000000203. The second-order valence-corrected chi connectivity index (χ2v) is 18.8. The third-order valence-electron chi connectivity index (χ3n) is 8.97. The maximum atomic E-state index is 12.6. The molecule has 0 fully saturated rings. The predicted octanol–water partition coefficient (Wildman–Crippen LogP) is 8.51. The van der Waals surface area contributed by atoms with Gasteiger partial charge in [-0.25, -0.2) is 16.8 Å². The van der Waals surface area contributed by atoms with Crippen LogP contribution in [0.1, 0.15) is 65.6 Å². The Morgan fingerprint density at radius 1 is 0.545 bits per heavy atom. The van der Waals surface area contributed by atoms with Crippen molar-refractivity contribution in [2.45, 2.75) is 84.7 Å². The van der Waals surface area contributed by atoms with Gasteiger partial charge in [0, 0.05) is 52.4 Å². The van der Waals surface area contributed by atoms with Crippen molar-refractivity contribution in [1.82, 2.24) is 9.13 Å². The van der Waals surface area contributed by atoms with Gasteiger partial charge in [-0.2, -0.15) is 0 Å². The van der Waals surface area contributed by atoms with E-state index in [-0.39, 0.29) is 28.4 Å². The quantitative estimate of drug-likeness (QED) is 0.108. The number of nitrogen functional groups attached to an aromatic ring is 1. The summed E-state index contributed by atoms with van der Waals surface area (Å²) >= 11 is 0. The Labute approximate surface area is 328 Å². The lowest BCUT2D eigenvalue weighted by Crippen LogP contribution is -2.20. The minimum Gasteiger partial charge on any atom is -0.399 e. The first-order valence-corrected chi connectivity index (χ1v) is 22.5. The van der Waals surface area contributed by atoms with Gasteiger partial charge in [-0.3, -0.25) is 9.59 Å². The van der Waals surface area contributed by atoms with Gasteiger partial charge in [-0.15, -0.1) is 0 Å². The zero-order chi connectivity index (χ0) is 40.5. The SMILES string of the molecule is CCCn1c(=O)cc(C)c2cc(CS(=O)(=O)Cc3ccc(C)cc3)ccc21.CCCn1c(=O)cc(C)c2cc(N)ccc21.Cc1ccc(CS(=O)(=O)Cl)cc1. The molecule has 2 N–H and O–H groups in total. The molecule has 0 aliphatic heterocycles. The van der Waals surface area contributed by atoms with E-state index in [0.717, 1.165) is 85.8 Å². The van der Waals surface area contributed by atoms with E-state index in [1.807, 2.05) is 112 Å². The van der Waals surface area contributed by atoms with E-state index in [4.69, 9.17) is 16.4 Å². The molecule has 0 saturated heterocycles. The van der Waals surface area contributed by atoms with Crippen LogP contribution in [0.5, 0.6) is 0 Å². The third kappa shape index (κ3) is 12.4. The molecule has 12 heteroatoms. The van der Waals surface area contributed by atoms with Crippen molar-refractivity contribution in [2.75, 3.05) is 5.73 Å². The number of sulfone groups is 1. The first-order chi connectivity index (χ1) is 25.9. The summed E-state index contributed by atoms with van der Waals surface area (Å²) in [6.07, 6.45) is 1.81. The van der Waals surface area contributed by atoms with Crippen molar-refractivity contribution in [2.24, 2.45) is 0 Å². The summed E-state index contributed by atoms with van der Waals surface area (Å²) in [5.41, 5.74) is 14.7. The highest BCUT2D eigenvalue weighted by Gasteiger charge is 2.15. The van der Waals surface area contributed by atoms with Crippen molar-refractivity contribution in [3.63, 3.8) is 0 Å². The third-order valence-corrected chi connectivity index (χ3v) is 11.5. The van der Waals surface area contributed by atoms with E-state index >= 15 is 0 Å². The molecule has 0 aliphatic rings. The largest absolute Gasteiger partial charge is 0.399 e. The minimum absolute atomic E-state index is 0.0108. The van der Waals surface area contributed by atoms with Gasteiger partial charge in [0.2, 0.25) is 9.05 Å². The number of benzene rings is 4. The molecular weight excluding hydrogens is 754 g/mol. The van der Waals surface area contributed by atoms with Crippen molar-refractivity contribution < 1.29 is 16.8 Å². The molecule has 0 amide bonds. The fraction of sp³-hybridized carbons (Fsp3) is 0.302. The number of fused-ring (bicyclic) bond motifs is 2. The maximum Gasteiger partial charge on any atom is 0.251 e. The van der Waals surface area contributed by atoms with E-state index in [9.17, 15) is 26.4 Å². The number of aryl methyl sites for hydroxylation is 6. The molecule has 0 radical (unpaired) electrons.